The first-order valence-corrected chi connectivity index (χ1v) is 9.74. The van der Waals surface area contributed by atoms with E-state index in [1.54, 1.807) is 7.05 Å². The molecule has 8 heteroatoms. The van der Waals surface area contributed by atoms with Crippen molar-refractivity contribution in [3.63, 3.8) is 0 Å². The maximum atomic E-state index is 13.1. The maximum absolute atomic E-state index is 13.1. The first kappa shape index (κ1) is 23.2. The number of hydrogen-bond donors (Lipinski definition) is 2. The number of aromatic nitrogens is 1. The molecule has 1 aromatic carbocycles. The Kier molecular flexibility index (Phi) is 9.99. The van der Waals surface area contributed by atoms with Crippen LogP contribution in [0.5, 0.6) is 0 Å². The van der Waals surface area contributed by atoms with Gasteiger partial charge in [-0.15, -0.1) is 24.0 Å². The molecule has 1 atom stereocenters. The molecule has 1 aliphatic rings. The first-order valence-electron chi connectivity index (χ1n) is 9.74. The number of nitrogens with zero attached hydrogens (tertiary/aromatic N) is 3. The van der Waals surface area contributed by atoms with Crippen LogP contribution in [0.2, 0.25) is 0 Å². The summed E-state index contributed by atoms with van der Waals surface area (Å²) in [5, 5.41) is 6.63. The van der Waals surface area contributed by atoms with Crippen molar-refractivity contribution in [3.05, 3.63) is 60.4 Å². The summed E-state index contributed by atoms with van der Waals surface area (Å²) in [6.45, 7) is 4.58. The molecule has 7 nitrogen and oxygen atoms in total. The Morgan fingerprint density at radius 2 is 1.79 bits per heavy atom. The van der Waals surface area contributed by atoms with Crippen molar-refractivity contribution in [1.29, 1.82) is 0 Å². The summed E-state index contributed by atoms with van der Waals surface area (Å²) >= 11 is 0. The number of halogens is 1. The summed E-state index contributed by atoms with van der Waals surface area (Å²) in [5.41, 5.74) is 1.01. The highest BCUT2D eigenvalue weighted by atomic mass is 127. The van der Waals surface area contributed by atoms with E-state index in [9.17, 15) is 4.79 Å². The third-order valence-electron chi connectivity index (χ3n) is 4.85. The number of rotatable bonds is 7. The van der Waals surface area contributed by atoms with Crippen LogP contribution >= 0.6 is 24.0 Å². The molecule has 1 aromatic heterocycles. The molecule has 2 N–H and O–H groups in total. The van der Waals surface area contributed by atoms with E-state index in [0.717, 1.165) is 18.7 Å². The lowest BCUT2D eigenvalue weighted by molar-refractivity contribution is -0.136. The molecule has 0 spiro atoms. The van der Waals surface area contributed by atoms with Crippen LogP contribution in [0.1, 0.15) is 11.5 Å². The number of morpholine rings is 1. The minimum absolute atomic E-state index is 0. The lowest BCUT2D eigenvalue weighted by atomic mass is 9.97. The molecule has 2 aromatic rings. The Morgan fingerprint density at radius 1 is 1.10 bits per heavy atom. The van der Waals surface area contributed by atoms with Crippen molar-refractivity contribution >= 4 is 35.8 Å². The molecule has 29 heavy (non-hydrogen) atoms. The zero-order valence-corrected chi connectivity index (χ0v) is 19.1. The standard InChI is InChI=1S/C21H29N5O2.HI/c1-22-21(23-9-12-25-10-5-6-11-25)24-17-19(18-7-3-2-4-8-18)20(27)26-13-15-28-16-14-26;/h2-8,10-11,19H,9,12-17H2,1H3,(H2,22,23,24);1H. The molecular formula is C21H30IN5O2. The predicted octanol–water partition coefficient (Wildman–Crippen LogP) is 1.91. The van der Waals surface area contributed by atoms with Crippen molar-refractivity contribution in [2.45, 2.75) is 12.5 Å². The molecule has 1 aliphatic heterocycles. The van der Waals surface area contributed by atoms with Crippen molar-refractivity contribution in [2.75, 3.05) is 46.4 Å². The van der Waals surface area contributed by atoms with E-state index in [2.05, 4.69) is 20.2 Å². The lowest BCUT2D eigenvalue weighted by Gasteiger charge is -2.31. The van der Waals surface area contributed by atoms with E-state index in [-0.39, 0.29) is 35.8 Å². The molecule has 1 saturated heterocycles. The second kappa shape index (κ2) is 12.5. The highest BCUT2D eigenvalue weighted by Crippen LogP contribution is 2.18. The van der Waals surface area contributed by atoms with Gasteiger partial charge >= 0.3 is 0 Å². The van der Waals surface area contributed by atoms with Gasteiger partial charge in [-0.3, -0.25) is 9.79 Å². The largest absolute Gasteiger partial charge is 0.378 e. The SMILES string of the molecule is CN=C(NCCn1cccc1)NCC(C(=O)N1CCOCC1)c1ccccc1.I. The number of carbonyl (C=O) groups excluding carboxylic acids is 1. The molecular weight excluding hydrogens is 481 g/mol. The van der Waals surface area contributed by atoms with Gasteiger partial charge in [0, 0.05) is 52.2 Å². The zero-order chi connectivity index (χ0) is 19.6. The van der Waals surface area contributed by atoms with E-state index < -0.39 is 0 Å². The minimum atomic E-state index is -0.262. The van der Waals surface area contributed by atoms with Gasteiger partial charge in [0.1, 0.15) is 0 Å². The monoisotopic (exact) mass is 511 g/mol. The summed E-state index contributed by atoms with van der Waals surface area (Å²) in [7, 11) is 1.74. The van der Waals surface area contributed by atoms with Gasteiger partial charge in [-0.1, -0.05) is 30.3 Å². The molecule has 1 amide bonds. The molecule has 0 bridgehead atoms. The fourth-order valence-electron chi connectivity index (χ4n) is 3.28. The average Bonchev–Trinajstić information content (AvgIpc) is 3.27. The predicted molar refractivity (Wildman–Crippen MR) is 126 cm³/mol. The van der Waals surface area contributed by atoms with Crippen molar-refractivity contribution < 1.29 is 9.53 Å². The Morgan fingerprint density at radius 3 is 2.45 bits per heavy atom. The van der Waals surface area contributed by atoms with E-state index in [4.69, 9.17) is 4.74 Å². The first-order chi connectivity index (χ1) is 13.8. The summed E-state index contributed by atoms with van der Waals surface area (Å²) < 4.78 is 7.49. The Hall–Kier alpha value is -2.07. The molecule has 2 heterocycles. The molecule has 158 valence electrons. The molecule has 0 radical (unpaired) electrons. The number of ether oxygens (including phenoxy) is 1. The van der Waals surface area contributed by atoms with E-state index >= 15 is 0 Å². The number of guanidine groups is 1. The number of amides is 1. The van der Waals surface area contributed by atoms with Crippen LogP contribution in [0.4, 0.5) is 0 Å². The number of nitrogens with one attached hydrogen (secondary N) is 2. The summed E-state index contributed by atoms with van der Waals surface area (Å²) in [4.78, 5) is 19.3. The van der Waals surface area contributed by atoms with Crippen LogP contribution in [0.3, 0.4) is 0 Å². The van der Waals surface area contributed by atoms with Gasteiger partial charge in [0.05, 0.1) is 19.1 Å². The normalized spacial score (nSPS) is 15.3. The summed E-state index contributed by atoms with van der Waals surface area (Å²) in [6.07, 6.45) is 4.06. The Balaban J connectivity index is 0.00000300. The zero-order valence-electron chi connectivity index (χ0n) is 16.8. The van der Waals surface area contributed by atoms with Gasteiger partial charge in [0.25, 0.3) is 0 Å². The Labute approximate surface area is 189 Å². The van der Waals surface area contributed by atoms with Gasteiger partial charge in [0.15, 0.2) is 5.96 Å². The Bertz CT molecular complexity index is 746. The molecule has 0 aliphatic carbocycles. The molecule has 1 unspecified atom stereocenters. The van der Waals surface area contributed by atoms with E-state index in [1.165, 1.54) is 0 Å². The lowest BCUT2D eigenvalue weighted by Crippen LogP contribution is -2.47. The number of aliphatic imine (C=N–C) groups is 1. The van der Waals surface area contributed by atoms with Crippen molar-refractivity contribution in [3.8, 4) is 0 Å². The summed E-state index contributed by atoms with van der Waals surface area (Å²) in [5.74, 6) is 0.565. The summed E-state index contributed by atoms with van der Waals surface area (Å²) in [6, 6.07) is 13.9. The molecule has 0 saturated carbocycles. The van der Waals surface area contributed by atoms with Crippen molar-refractivity contribution in [1.82, 2.24) is 20.1 Å². The fourth-order valence-corrected chi connectivity index (χ4v) is 3.28. The van der Waals surface area contributed by atoms with Crippen LogP contribution in [-0.2, 0) is 16.1 Å². The quantitative estimate of drug-likeness (QED) is 0.339. The van der Waals surface area contributed by atoms with E-state index in [0.29, 0.717) is 38.8 Å². The molecule has 3 rings (SSSR count). The highest BCUT2D eigenvalue weighted by molar-refractivity contribution is 14.0. The van der Waals surface area contributed by atoms with Gasteiger partial charge in [-0.2, -0.15) is 0 Å². The van der Waals surface area contributed by atoms with Crippen LogP contribution in [-0.4, -0.2) is 67.8 Å². The second-order valence-corrected chi connectivity index (χ2v) is 6.70. The van der Waals surface area contributed by atoms with Gasteiger partial charge in [-0.05, 0) is 17.7 Å². The van der Waals surface area contributed by atoms with Crippen molar-refractivity contribution in [2.24, 2.45) is 4.99 Å². The number of hydrogen-bond acceptors (Lipinski definition) is 3. The van der Waals surface area contributed by atoms with Gasteiger partial charge in [0.2, 0.25) is 5.91 Å². The van der Waals surface area contributed by atoms with Crippen LogP contribution in [0, 0.1) is 0 Å². The number of carbonyl (C=O) groups is 1. The number of benzene rings is 1. The van der Waals surface area contributed by atoms with E-state index in [1.807, 2.05) is 59.8 Å². The van der Waals surface area contributed by atoms with Gasteiger partial charge in [-0.25, -0.2) is 0 Å². The second-order valence-electron chi connectivity index (χ2n) is 6.70. The third kappa shape index (κ3) is 7.04. The minimum Gasteiger partial charge on any atom is -0.378 e. The third-order valence-corrected chi connectivity index (χ3v) is 4.85. The average molecular weight is 511 g/mol. The maximum Gasteiger partial charge on any atom is 0.232 e. The van der Waals surface area contributed by atoms with Crippen LogP contribution in [0.15, 0.2) is 59.9 Å². The van der Waals surface area contributed by atoms with Gasteiger partial charge < -0.3 is 24.8 Å². The van der Waals surface area contributed by atoms with Crippen LogP contribution < -0.4 is 10.6 Å². The highest BCUT2D eigenvalue weighted by Gasteiger charge is 2.27. The fraction of sp³-hybridized carbons (Fsp3) is 0.429. The van der Waals surface area contributed by atoms with Crippen LogP contribution in [0.25, 0.3) is 0 Å². The smallest absolute Gasteiger partial charge is 0.232 e. The molecule has 1 fully saturated rings. The topological polar surface area (TPSA) is 70.9 Å².